The minimum Gasteiger partial charge on any atom is -0.375 e. The van der Waals surface area contributed by atoms with Gasteiger partial charge in [-0.1, -0.05) is 58.4 Å². The van der Waals surface area contributed by atoms with Gasteiger partial charge in [0.05, 0.1) is 17.5 Å². The molecule has 9 heteroatoms. The van der Waals surface area contributed by atoms with E-state index in [1.54, 1.807) is 42.5 Å². The molecule has 0 aromatic heterocycles. The molecule has 0 spiro atoms. The molecule has 4 aromatic carbocycles. The van der Waals surface area contributed by atoms with Crippen LogP contribution >= 0.6 is 15.9 Å². The lowest BCUT2D eigenvalue weighted by Gasteiger charge is -2.19. The Kier molecular flexibility index (Phi) is 10.8. The Morgan fingerprint density at radius 1 is 0.927 bits per heavy atom. The monoisotopic (exact) mass is 615 g/mol. The van der Waals surface area contributed by atoms with Crippen LogP contribution in [0.15, 0.2) is 107 Å². The maximum atomic E-state index is 13.4. The number of hydrogen-bond acceptors (Lipinski definition) is 5. The number of amides is 2. The Morgan fingerprint density at radius 2 is 1.71 bits per heavy atom. The highest BCUT2D eigenvalue weighted by Crippen LogP contribution is 2.22. The minimum absolute atomic E-state index is 0.225. The zero-order chi connectivity index (χ0) is 29.0. The first-order valence-electron chi connectivity index (χ1n) is 13.1. The van der Waals surface area contributed by atoms with Gasteiger partial charge in [-0.15, -0.1) is 0 Å². The van der Waals surface area contributed by atoms with Crippen molar-refractivity contribution < 1.29 is 14.0 Å². The molecule has 0 saturated heterocycles. The molecule has 0 saturated carbocycles. The van der Waals surface area contributed by atoms with Gasteiger partial charge >= 0.3 is 0 Å². The SMILES string of the molecule is CN(CCCNCc1ccc(C(=O)Nc2ccc(Br)cc2C(=O)NN=Cc2cccc(F)c2)cc1)c1ccccc1. The molecule has 0 atom stereocenters. The Morgan fingerprint density at radius 3 is 2.46 bits per heavy atom. The molecule has 41 heavy (non-hydrogen) atoms. The lowest BCUT2D eigenvalue weighted by atomic mass is 10.1. The molecule has 0 aliphatic heterocycles. The second-order valence-corrected chi connectivity index (χ2v) is 10.3. The topological polar surface area (TPSA) is 85.8 Å². The van der Waals surface area contributed by atoms with E-state index in [-0.39, 0.29) is 11.5 Å². The number of halogens is 2. The molecular formula is C32H31BrFN5O2. The molecule has 0 aliphatic rings. The van der Waals surface area contributed by atoms with Crippen molar-refractivity contribution >= 4 is 45.3 Å². The number of nitrogens with zero attached hydrogens (tertiary/aromatic N) is 2. The summed E-state index contributed by atoms with van der Waals surface area (Å²) in [7, 11) is 2.09. The van der Waals surface area contributed by atoms with Crippen molar-refractivity contribution in [3.63, 3.8) is 0 Å². The molecule has 0 fully saturated rings. The molecule has 4 aromatic rings. The highest BCUT2D eigenvalue weighted by molar-refractivity contribution is 9.10. The van der Waals surface area contributed by atoms with Crippen molar-refractivity contribution in [2.24, 2.45) is 5.10 Å². The number of para-hydroxylation sites is 1. The Hall–Kier alpha value is -4.34. The smallest absolute Gasteiger partial charge is 0.273 e. The van der Waals surface area contributed by atoms with E-state index < -0.39 is 11.7 Å². The number of carbonyl (C=O) groups excluding carboxylic acids is 2. The Labute approximate surface area is 247 Å². The Bertz CT molecular complexity index is 1500. The lowest BCUT2D eigenvalue weighted by Crippen LogP contribution is -2.23. The van der Waals surface area contributed by atoms with Crippen LogP contribution in [-0.4, -0.2) is 38.2 Å². The largest absolute Gasteiger partial charge is 0.375 e. The summed E-state index contributed by atoms with van der Waals surface area (Å²) in [6.45, 7) is 2.52. The second kappa shape index (κ2) is 14.9. The number of benzene rings is 4. The summed E-state index contributed by atoms with van der Waals surface area (Å²) >= 11 is 3.36. The Balaban J connectivity index is 1.28. The van der Waals surface area contributed by atoms with Crippen LogP contribution in [0.4, 0.5) is 15.8 Å². The van der Waals surface area contributed by atoms with Crippen LogP contribution in [-0.2, 0) is 6.54 Å². The number of nitrogens with one attached hydrogen (secondary N) is 3. The molecule has 7 nitrogen and oxygen atoms in total. The van der Waals surface area contributed by atoms with E-state index in [0.717, 1.165) is 25.1 Å². The summed E-state index contributed by atoms with van der Waals surface area (Å²) in [4.78, 5) is 28.0. The van der Waals surface area contributed by atoms with E-state index in [0.29, 0.717) is 27.8 Å². The van der Waals surface area contributed by atoms with Crippen LogP contribution in [0.5, 0.6) is 0 Å². The summed E-state index contributed by atoms with van der Waals surface area (Å²) in [5.74, 6) is -1.26. The van der Waals surface area contributed by atoms with Gasteiger partial charge in [-0.25, -0.2) is 9.82 Å². The van der Waals surface area contributed by atoms with Crippen molar-refractivity contribution in [2.45, 2.75) is 13.0 Å². The number of hydrazone groups is 1. The highest BCUT2D eigenvalue weighted by atomic mass is 79.9. The molecule has 2 amide bonds. The first-order chi connectivity index (χ1) is 19.9. The second-order valence-electron chi connectivity index (χ2n) is 9.38. The number of rotatable bonds is 12. The van der Waals surface area contributed by atoms with Gasteiger partial charge < -0.3 is 15.5 Å². The summed E-state index contributed by atoms with van der Waals surface area (Å²) in [5.41, 5.74) is 6.22. The first kappa shape index (κ1) is 29.6. The summed E-state index contributed by atoms with van der Waals surface area (Å²) in [6.07, 6.45) is 2.35. The maximum absolute atomic E-state index is 13.4. The van der Waals surface area contributed by atoms with Gasteiger partial charge in [0.25, 0.3) is 11.8 Å². The molecule has 210 valence electrons. The number of hydrogen-bond donors (Lipinski definition) is 3. The fraction of sp³-hybridized carbons (Fsp3) is 0.156. The zero-order valence-electron chi connectivity index (χ0n) is 22.6. The van der Waals surface area contributed by atoms with Crippen LogP contribution in [0, 0.1) is 5.82 Å². The standard InChI is InChI=1S/C32H31BrFN5O2/c1-39(28-9-3-2-4-10-28)18-6-17-35-21-23-11-13-25(14-12-23)31(40)37-30-16-15-26(33)20-29(30)32(41)38-36-22-24-7-5-8-27(34)19-24/h2-5,7-16,19-20,22,35H,6,17-18,21H2,1H3,(H,37,40)(H,38,41). The molecule has 0 radical (unpaired) electrons. The third-order valence-electron chi connectivity index (χ3n) is 6.29. The van der Waals surface area contributed by atoms with E-state index in [1.807, 2.05) is 30.3 Å². The van der Waals surface area contributed by atoms with Crippen LogP contribution in [0.1, 0.15) is 38.3 Å². The van der Waals surface area contributed by atoms with Gasteiger partial charge in [0.2, 0.25) is 0 Å². The van der Waals surface area contributed by atoms with Crippen molar-refractivity contribution in [1.82, 2.24) is 10.7 Å². The zero-order valence-corrected chi connectivity index (χ0v) is 24.2. The van der Waals surface area contributed by atoms with Crippen LogP contribution < -0.4 is 21.0 Å². The molecule has 0 aliphatic carbocycles. The third-order valence-corrected chi connectivity index (χ3v) is 6.79. The van der Waals surface area contributed by atoms with Gasteiger partial charge in [0.1, 0.15) is 5.82 Å². The quantitative estimate of drug-likeness (QED) is 0.100. The number of anilines is 2. The molecule has 0 heterocycles. The van der Waals surface area contributed by atoms with Crippen molar-refractivity contribution in [3.05, 3.63) is 130 Å². The average Bonchev–Trinajstić information content (AvgIpc) is 2.98. The predicted octanol–water partition coefficient (Wildman–Crippen LogP) is 6.22. The van der Waals surface area contributed by atoms with Crippen LogP contribution in [0.25, 0.3) is 0 Å². The molecule has 0 bridgehead atoms. The van der Waals surface area contributed by atoms with Crippen LogP contribution in [0.2, 0.25) is 0 Å². The average molecular weight is 617 g/mol. The van der Waals surface area contributed by atoms with E-state index in [9.17, 15) is 14.0 Å². The molecular weight excluding hydrogens is 585 g/mol. The van der Waals surface area contributed by atoms with Crippen LogP contribution in [0.3, 0.4) is 0 Å². The van der Waals surface area contributed by atoms with Gasteiger partial charge in [0, 0.05) is 35.9 Å². The molecule has 0 unspecified atom stereocenters. The number of carbonyl (C=O) groups is 2. The van der Waals surface area contributed by atoms with Gasteiger partial charge in [-0.3, -0.25) is 9.59 Å². The molecule has 3 N–H and O–H groups in total. The van der Waals surface area contributed by atoms with Crippen molar-refractivity contribution in [3.8, 4) is 0 Å². The highest BCUT2D eigenvalue weighted by Gasteiger charge is 2.15. The summed E-state index contributed by atoms with van der Waals surface area (Å²) in [5, 5.41) is 10.2. The van der Waals surface area contributed by atoms with Crippen molar-refractivity contribution in [1.29, 1.82) is 0 Å². The van der Waals surface area contributed by atoms with Gasteiger partial charge in [0.15, 0.2) is 0 Å². The predicted molar refractivity (Wildman–Crippen MR) is 166 cm³/mol. The fourth-order valence-electron chi connectivity index (χ4n) is 4.08. The summed E-state index contributed by atoms with van der Waals surface area (Å²) < 4.78 is 14.0. The van der Waals surface area contributed by atoms with Gasteiger partial charge in [-0.05, 0) is 78.7 Å². The maximum Gasteiger partial charge on any atom is 0.273 e. The summed E-state index contributed by atoms with van der Waals surface area (Å²) in [6, 6.07) is 28.4. The van der Waals surface area contributed by atoms with E-state index in [1.165, 1.54) is 24.0 Å². The van der Waals surface area contributed by atoms with Gasteiger partial charge in [-0.2, -0.15) is 5.10 Å². The van der Waals surface area contributed by atoms with E-state index in [2.05, 4.69) is 61.2 Å². The lowest BCUT2D eigenvalue weighted by molar-refractivity contribution is 0.0956. The molecule has 4 rings (SSSR count). The normalized spacial score (nSPS) is 10.9. The third kappa shape index (κ3) is 9.09. The van der Waals surface area contributed by atoms with E-state index >= 15 is 0 Å². The minimum atomic E-state index is -0.523. The van der Waals surface area contributed by atoms with E-state index in [4.69, 9.17) is 0 Å². The van der Waals surface area contributed by atoms with Crippen molar-refractivity contribution in [2.75, 3.05) is 30.4 Å². The first-order valence-corrected chi connectivity index (χ1v) is 13.9. The fourth-order valence-corrected chi connectivity index (χ4v) is 4.44.